The van der Waals surface area contributed by atoms with Gasteiger partial charge in [-0.1, -0.05) is 6.07 Å². The number of ether oxygens (including phenoxy) is 1. The maximum atomic E-state index is 12.1. The van der Waals surface area contributed by atoms with E-state index in [-0.39, 0.29) is 0 Å². The number of nitrogens with zero attached hydrogens (tertiary/aromatic N) is 3. The third-order valence-corrected chi connectivity index (χ3v) is 4.33. The average molecular weight is 342 g/mol. The van der Waals surface area contributed by atoms with Crippen LogP contribution >= 0.6 is 11.3 Å². The van der Waals surface area contributed by atoms with Gasteiger partial charge in [0.05, 0.1) is 16.8 Å². The van der Waals surface area contributed by atoms with Crippen LogP contribution in [0.4, 0.5) is 5.95 Å². The normalized spacial score (nSPS) is 10.7. The summed E-state index contributed by atoms with van der Waals surface area (Å²) in [6.45, 7) is 2.82. The van der Waals surface area contributed by atoms with Crippen LogP contribution < -0.4 is 5.32 Å². The topological polar surface area (TPSA) is 77.0 Å². The Morgan fingerprint density at radius 3 is 3.04 bits per heavy atom. The Kier molecular flexibility index (Phi) is 5.32. The molecule has 0 radical (unpaired) electrons. The zero-order valence-corrected chi connectivity index (χ0v) is 14.2. The van der Waals surface area contributed by atoms with Gasteiger partial charge in [0.2, 0.25) is 5.95 Å². The van der Waals surface area contributed by atoms with Gasteiger partial charge in [-0.15, -0.1) is 11.3 Å². The van der Waals surface area contributed by atoms with Crippen molar-refractivity contribution in [2.45, 2.75) is 19.8 Å². The van der Waals surface area contributed by atoms with Gasteiger partial charge >= 0.3 is 5.97 Å². The summed E-state index contributed by atoms with van der Waals surface area (Å²) >= 11 is 1.44. The molecule has 0 amide bonds. The predicted octanol–water partition coefficient (Wildman–Crippen LogP) is 3.31. The van der Waals surface area contributed by atoms with E-state index in [4.69, 9.17) is 4.74 Å². The zero-order valence-electron chi connectivity index (χ0n) is 13.4. The number of aromatic nitrogens is 3. The first kappa shape index (κ1) is 16.3. The Hall–Kier alpha value is -2.54. The van der Waals surface area contributed by atoms with Crippen molar-refractivity contribution in [3.63, 3.8) is 0 Å². The molecule has 0 bridgehead atoms. The fourth-order valence-corrected chi connectivity index (χ4v) is 3.13. The quantitative estimate of drug-likeness (QED) is 0.524. The number of aryl methyl sites for hydroxylation is 1. The van der Waals surface area contributed by atoms with Crippen molar-refractivity contribution in [2.24, 2.45) is 0 Å². The fraction of sp³-hybridized carbons (Fsp3) is 0.294. The molecule has 24 heavy (non-hydrogen) atoms. The highest BCUT2D eigenvalue weighted by Gasteiger charge is 2.17. The number of hydrogen-bond acceptors (Lipinski definition) is 7. The first-order valence-corrected chi connectivity index (χ1v) is 8.71. The Balaban J connectivity index is 1.67. The summed E-state index contributed by atoms with van der Waals surface area (Å²) in [6.07, 6.45) is 5.48. The van der Waals surface area contributed by atoms with E-state index in [1.807, 2.05) is 23.7 Å². The van der Waals surface area contributed by atoms with Gasteiger partial charge in [-0.05, 0) is 42.8 Å². The van der Waals surface area contributed by atoms with Crippen LogP contribution in [0, 0.1) is 0 Å². The van der Waals surface area contributed by atoms with Crippen LogP contribution in [0.2, 0.25) is 0 Å². The standard InChI is InChI=1S/C17H18N4O2S/c1-2-23-16(22)14-15-13(7-10-24-15)20-17(21-14)19-9-4-6-12-5-3-8-18-11-12/h3,5,7-8,10-11H,2,4,6,9H2,1H3,(H,19,20,21). The molecule has 6 nitrogen and oxygen atoms in total. The van der Waals surface area contributed by atoms with E-state index in [0.29, 0.717) is 24.8 Å². The summed E-state index contributed by atoms with van der Waals surface area (Å²) in [7, 11) is 0. The molecule has 0 fully saturated rings. The lowest BCUT2D eigenvalue weighted by molar-refractivity contribution is 0.0522. The molecule has 0 aliphatic rings. The first-order chi connectivity index (χ1) is 11.8. The number of fused-ring (bicyclic) bond motifs is 1. The van der Waals surface area contributed by atoms with Gasteiger partial charge in [0, 0.05) is 18.9 Å². The fourth-order valence-electron chi connectivity index (χ4n) is 2.32. The van der Waals surface area contributed by atoms with E-state index in [1.54, 1.807) is 13.1 Å². The van der Waals surface area contributed by atoms with Crippen molar-refractivity contribution in [1.29, 1.82) is 0 Å². The molecule has 3 aromatic heterocycles. The Morgan fingerprint density at radius 1 is 1.33 bits per heavy atom. The van der Waals surface area contributed by atoms with Crippen molar-refractivity contribution in [3.8, 4) is 0 Å². The summed E-state index contributed by atoms with van der Waals surface area (Å²) in [5.74, 6) is 0.0425. The molecule has 0 unspecified atom stereocenters. The van der Waals surface area contributed by atoms with E-state index in [1.165, 1.54) is 16.9 Å². The lowest BCUT2D eigenvalue weighted by Crippen LogP contribution is -2.12. The molecule has 124 valence electrons. The summed E-state index contributed by atoms with van der Waals surface area (Å²) in [5.41, 5.74) is 2.28. The summed E-state index contributed by atoms with van der Waals surface area (Å²) in [4.78, 5) is 25.0. The second-order valence-corrected chi connectivity index (χ2v) is 6.06. The molecule has 0 saturated carbocycles. The van der Waals surface area contributed by atoms with E-state index >= 15 is 0 Å². The number of pyridine rings is 1. The van der Waals surface area contributed by atoms with Crippen molar-refractivity contribution in [2.75, 3.05) is 18.5 Å². The van der Waals surface area contributed by atoms with Crippen molar-refractivity contribution in [3.05, 3.63) is 47.2 Å². The Labute approximate surface area is 143 Å². The molecule has 0 aliphatic carbocycles. The number of thiophene rings is 1. The van der Waals surface area contributed by atoms with Crippen LogP contribution in [0.1, 0.15) is 29.4 Å². The minimum Gasteiger partial charge on any atom is -0.461 e. The molecule has 0 atom stereocenters. The van der Waals surface area contributed by atoms with Gasteiger partial charge in [0.15, 0.2) is 5.69 Å². The molecule has 0 aliphatic heterocycles. The van der Waals surface area contributed by atoms with Crippen LogP contribution in [0.25, 0.3) is 10.2 Å². The highest BCUT2D eigenvalue weighted by molar-refractivity contribution is 7.17. The minimum atomic E-state index is -0.411. The molecule has 0 saturated heterocycles. The SMILES string of the molecule is CCOC(=O)c1nc(NCCCc2cccnc2)nc2ccsc12. The van der Waals surface area contributed by atoms with E-state index in [0.717, 1.165) is 23.1 Å². The Bertz CT molecular complexity index is 820. The molecule has 7 heteroatoms. The van der Waals surface area contributed by atoms with Crippen molar-refractivity contribution >= 4 is 33.5 Å². The molecule has 3 aromatic rings. The van der Waals surface area contributed by atoms with E-state index in [2.05, 4.69) is 26.3 Å². The Morgan fingerprint density at radius 2 is 2.25 bits per heavy atom. The van der Waals surface area contributed by atoms with E-state index < -0.39 is 5.97 Å². The van der Waals surface area contributed by atoms with Gasteiger partial charge in [-0.25, -0.2) is 14.8 Å². The maximum Gasteiger partial charge on any atom is 0.358 e. The molecular weight excluding hydrogens is 324 g/mol. The van der Waals surface area contributed by atoms with Gasteiger partial charge in [-0.2, -0.15) is 0 Å². The van der Waals surface area contributed by atoms with Gasteiger partial charge in [0.25, 0.3) is 0 Å². The largest absolute Gasteiger partial charge is 0.461 e. The summed E-state index contributed by atoms with van der Waals surface area (Å²) < 4.78 is 5.85. The third kappa shape index (κ3) is 3.86. The molecule has 3 rings (SSSR count). The maximum absolute atomic E-state index is 12.1. The third-order valence-electron chi connectivity index (χ3n) is 3.42. The number of carbonyl (C=O) groups is 1. The number of esters is 1. The number of carbonyl (C=O) groups excluding carboxylic acids is 1. The first-order valence-electron chi connectivity index (χ1n) is 7.83. The highest BCUT2D eigenvalue weighted by Crippen LogP contribution is 2.24. The lowest BCUT2D eigenvalue weighted by atomic mass is 10.1. The van der Waals surface area contributed by atoms with Crippen LogP contribution in [-0.4, -0.2) is 34.1 Å². The van der Waals surface area contributed by atoms with Crippen LogP contribution in [0.5, 0.6) is 0 Å². The van der Waals surface area contributed by atoms with Crippen LogP contribution in [0.3, 0.4) is 0 Å². The number of anilines is 1. The van der Waals surface area contributed by atoms with Crippen LogP contribution in [-0.2, 0) is 11.2 Å². The minimum absolute atomic E-state index is 0.323. The number of hydrogen-bond donors (Lipinski definition) is 1. The molecule has 3 heterocycles. The number of rotatable bonds is 7. The van der Waals surface area contributed by atoms with Crippen molar-refractivity contribution < 1.29 is 9.53 Å². The molecular formula is C17H18N4O2S. The molecule has 0 aromatic carbocycles. The number of nitrogens with one attached hydrogen (secondary N) is 1. The zero-order chi connectivity index (χ0) is 16.8. The van der Waals surface area contributed by atoms with Gasteiger partial charge < -0.3 is 10.1 Å². The van der Waals surface area contributed by atoms with Crippen molar-refractivity contribution in [1.82, 2.24) is 15.0 Å². The lowest BCUT2D eigenvalue weighted by Gasteiger charge is -2.08. The highest BCUT2D eigenvalue weighted by atomic mass is 32.1. The summed E-state index contributed by atoms with van der Waals surface area (Å²) in [6, 6.07) is 5.87. The average Bonchev–Trinajstić information content (AvgIpc) is 3.07. The second-order valence-electron chi connectivity index (χ2n) is 5.14. The molecule has 1 N–H and O–H groups in total. The van der Waals surface area contributed by atoms with E-state index in [9.17, 15) is 4.79 Å². The van der Waals surface area contributed by atoms with Crippen LogP contribution in [0.15, 0.2) is 36.0 Å². The molecule has 0 spiro atoms. The van der Waals surface area contributed by atoms with Gasteiger partial charge in [0.1, 0.15) is 0 Å². The smallest absolute Gasteiger partial charge is 0.358 e. The summed E-state index contributed by atoms with van der Waals surface area (Å²) in [5, 5.41) is 5.09. The monoisotopic (exact) mass is 342 g/mol. The van der Waals surface area contributed by atoms with Gasteiger partial charge in [-0.3, -0.25) is 4.98 Å². The second kappa shape index (κ2) is 7.83. The predicted molar refractivity (Wildman–Crippen MR) is 94.4 cm³/mol.